The lowest BCUT2D eigenvalue weighted by molar-refractivity contribution is -0.139. The van der Waals surface area contributed by atoms with Crippen molar-refractivity contribution in [2.24, 2.45) is 0 Å². The largest absolute Gasteiger partial charge is 0.495 e. The monoisotopic (exact) mass is 605 g/mol. The molecule has 3 rings (SSSR count). The molecule has 0 aliphatic carbocycles. The van der Waals surface area contributed by atoms with Gasteiger partial charge in [-0.1, -0.05) is 59.1 Å². The molecule has 0 aliphatic rings. The van der Waals surface area contributed by atoms with Gasteiger partial charge in [0, 0.05) is 12.6 Å². The highest BCUT2D eigenvalue weighted by atomic mass is 35.5. The number of nitrogens with one attached hydrogen (secondary N) is 1. The molecule has 0 radical (unpaired) electrons. The molecule has 3 aromatic carbocycles. The number of sulfonamides is 1. The van der Waals surface area contributed by atoms with Crippen molar-refractivity contribution in [1.29, 1.82) is 0 Å². The van der Waals surface area contributed by atoms with E-state index < -0.39 is 28.5 Å². The van der Waals surface area contributed by atoms with Crippen LogP contribution in [0.1, 0.15) is 31.9 Å². The van der Waals surface area contributed by atoms with Crippen molar-refractivity contribution >= 4 is 50.7 Å². The number of anilines is 1. The van der Waals surface area contributed by atoms with E-state index in [9.17, 15) is 18.0 Å². The zero-order valence-electron chi connectivity index (χ0n) is 23.0. The van der Waals surface area contributed by atoms with Crippen molar-refractivity contribution in [3.63, 3.8) is 0 Å². The van der Waals surface area contributed by atoms with E-state index in [0.29, 0.717) is 15.6 Å². The summed E-state index contributed by atoms with van der Waals surface area (Å²) in [5.41, 5.74) is 1.70. The summed E-state index contributed by atoms with van der Waals surface area (Å²) in [6.07, 6.45) is 0. The predicted octanol–water partition coefficient (Wildman–Crippen LogP) is 5.45. The van der Waals surface area contributed by atoms with E-state index in [0.717, 1.165) is 9.87 Å². The van der Waals surface area contributed by atoms with Gasteiger partial charge in [0.1, 0.15) is 18.3 Å². The Morgan fingerprint density at radius 1 is 0.950 bits per heavy atom. The van der Waals surface area contributed by atoms with Gasteiger partial charge in [-0.3, -0.25) is 13.9 Å². The summed E-state index contributed by atoms with van der Waals surface area (Å²) < 4.78 is 34.3. The van der Waals surface area contributed by atoms with Crippen molar-refractivity contribution in [1.82, 2.24) is 10.2 Å². The topological polar surface area (TPSA) is 96.0 Å². The predicted molar refractivity (Wildman–Crippen MR) is 158 cm³/mol. The summed E-state index contributed by atoms with van der Waals surface area (Å²) >= 11 is 12.3. The summed E-state index contributed by atoms with van der Waals surface area (Å²) in [6.45, 7) is 6.47. The molecule has 0 saturated carbocycles. The van der Waals surface area contributed by atoms with Gasteiger partial charge >= 0.3 is 0 Å². The number of nitrogens with zero attached hydrogens (tertiary/aromatic N) is 2. The second-order valence-electron chi connectivity index (χ2n) is 9.61. The Morgan fingerprint density at radius 3 is 2.20 bits per heavy atom. The Kier molecular flexibility index (Phi) is 10.5. The molecule has 8 nitrogen and oxygen atoms in total. The van der Waals surface area contributed by atoms with Crippen LogP contribution in [-0.2, 0) is 26.2 Å². The van der Waals surface area contributed by atoms with E-state index >= 15 is 0 Å². The minimum absolute atomic E-state index is 0.00719. The lowest BCUT2D eigenvalue weighted by atomic mass is 10.1. The summed E-state index contributed by atoms with van der Waals surface area (Å²) in [6, 6.07) is 16.7. The molecular formula is C29H33Cl2N3O5S. The molecule has 2 amide bonds. The van der Waals surface area contributed by atoms with Crippen molar-refractivity contribution in [3.05, 3.63) is 87.9 Å². The Balaban J connectivity index is 2.08. The van der Waals surface area contributed by atoms with Gasteiger partial charge < -0.3 is 15.0 Å². The van der Waals surface area contributed by atoms with Crippen LogP contribution in [-0.4, -0.2) is 50.9 Å². The number of aryl methyl sites for hydroxylation is 1. The molecule has 0 heterocycles. The average Bonchev–Trinajstić information content (AvgIpc) is 2.91. The first-order chi connectivity index (χ1) is 18.8. The summed E-state index contributed by atoms with van der Waals surface area (Å²) in [5.74, 6) is -0.708. The number of rotatable bonds is 11. The molecule has 1 atom stereocenters. The average molecular weight is 607 g/mol. The van der Waals surface area contributed by atoms with Gasteiger partial charge in [0.05, 0.1) is 27.7 Å². The standard InChI is InChI=1S/C29H33Cl2N3O5S/c1-19(2)32-29(36)21(4)33(17-22-12-15-24(30)25(31)16-22)28(35)18-34(26-8-6-7-9-27(26)39-5)40(37,38)23-13-10-20(3)11-14-23/h6-16,19,21H,17-18H2,1-5H3,(H,32,36)/t21-/m0/s1. The molecule has 0 aromatic heterocycles. The van der Waals surface area contributed by atoms with Crippen LogP contribution in [0.15, 0.2) is 71.6 Å². The number of ether oxygens (including phenoxy) is 1. The number of para-hydroxylation sites is 2. The van der Waals surface area contributed by atoms with Gasteiger partial charge in [-0.25, -0.2) is 8.42 Å². The van der Waals surface area contributed by atoms with Gasteiger partial charge in [-0.05, 0) is 69.7 Å². The molecule has 214 valence electrons. The summed E-state index contributed by atoms with van der Waals surface area (Å²) in [5, 5.41) is 3.46. The number of halogens is 2. The number of carbonyl (C=O) groups is 2. The van der Waals surface area contributed by atoms with Gasteiger partial charge in [0.2, 0.25) is 11.8 Å². The minimum Gasteiger partial charge on any atom is -0.495 e. The first-order valence-corrected chi connectivity index (χ1v) is 14.8. The maximum Gasteiger partial charge on any atom is 0.264 e. The second-order valence-corrected chi connectivity index (χ2v) is 12.3. The van der Waals surface area contributed by atoms with E-state index in [4.69, 9.17) is 27.9 Å². The van der Waals surface area contributed by atoms with Crippen LogP contribution >= 0.6 is 23.2 Å². The van der Waals surface area contributed by atoms with Crippen molar-refractivity contribution in [2.45, 2.75) is 51.2 Å². The molecule has 11 heteroatoms. The number of carbonyl (C=O) groups excluding carboxylic acids is 2. The third-order valence-electron chi connectivity index (χ3n) is 6.18. The first kappa shape index (κ1) is 31.3. The van der Waals surface area contributed by atoms with Gasteiger partial charge in [0.15, 0.2) is 0 Å². The third-order valence-corrected chi connectivity index (χ3v) is 8.69. The molecule has 0 spiro atoms. The maximum atomic E-state index is 14.0. The smallest absolute Gasteiger partial charge is 0.264 e. The van der Waals surface area contributed by atoms with Gasteiger partial charge in [0.25, 0.3) is 10.0 Å². The fourth-order valence-corrected chi connectivity index (χ4v) is 5.75. The SMILES string of the molecule is COc1ccccc1N(CC(=O)N(Cc1ccc(Cl)c(Cl)c1)[C@@H](C)C(=O)NC(C)C)S(=O)(=O)c1ccc(C)cc1. The lowest BCUT2D eigenvalue weighted by Crippen LogP contribution is -2.52. The van der Waals surface area contributed by atoms with E-state index in [1.165, 1.54) is 24.1 Å². The molecule has 3 aromatic rings. The number of hydrogen-bond acceptors (Lipinski definition) is 5. The van der Waals surface area contributed by atoms with Gasteiger partial charge in [-0.15, -0.1) is 0 Å². The van der Waals surface area contributed by atoms with E-state index in [2.05, 4.69) is 5.32 Å². The van der Waals surface area contributed by atoms with Crippen LogP contribution in [0.5, 0.6) is 5.75 Å². The van der Waals surface area contributed by atoms with E-state index in [-0.39, 0.29) is 34.8 Å². The maximum absolute atomic E-state index is 14.0. The highest BCUT2D eigenvalue weighted by molar-refractivity contribution is 7.92. The highest BCUT2D eigenvalue weighted by Gasteiger charge is 2.34. The van der Waals surface area contributed by atoms with Crippen LogP contribution in [0, 0.1) is 6.92 Å². The quantitative estimate of drug-likeness (QED) is 0.313. The Labute approximate surface area is 245 Å². The zero-order chi connectivity index (χ0) is 29.6. The Hall–Kier alpha value is -3.27. The zero-order valence-corrected chi connectivity index (χ0v) is 25.3. The molecule has 0 bridgehead atoms. The fourth-order valence-electron chi connectivity index (χ4n) is 4.01. The van der Waals surface area contributed by atoms with Gasteiger partial charge in [-0.2, -0.15) is 0 Å². The van der Waals surface area contributed by atoms with Crippen LogP contribution in [0.4, 0.5) is 5.69 Å². The minimum atomic E-state index is -4.22. The van der Waals surface area contributed by atoms with Crippen LogP contribution < -0.4 is 14.4 Å². The molecular weight excluding hydrogens is 573 g/mol. The normalized spacial score (nSPS) is 12.1. The number of benzene rings is 3. The summed E-state index contributed by atoms with van der Waals surface area (Å²) in [4.78, 5) is 28.3. The van der Waals surface area contributed by atoms with Crippen LogP contribution in [0.2, 0.25) is 10.0 Å². The van der Waals surface area contributed by atoms with Crippen LogP contribution in [0.25, 0.3) is 0 Å². The number of hydrogen-bond donors (Lipinski definition) is 1. The Morgan fingerprint density at radius 2 is 1.60 bits per heavy atom. The second kappa shape index (κ2) is 13.4. The number of methoxy groups -OCH3 is 1. The molecule has 40 heavy (non-hydrogen) atoms. The molecule has 0 saturated heterocycles. The summed E-state index contributed by atoms with van der Waals surface area (Å²) in [7, 11) is -2.79. The molecule has 0 aliphatic heterocycles. The van der Waals surface area contributed by atoms with Crippen molar-refractivity contribution in [3.8, 4) is 5.75 Å². The van der Waals surface area contributed by atoms with Crippen molar-refractivity contribution < 1.29 is 22.7 Å². The number of amides is 2. The molecule has 0 unspecified atom stereocenters. The fraction of sp³-hybridized carbons (Fsp3) is 0.310. The Bertz CT molecular complexity index is 1460. The lowest BCUT2D eigenvalue weighted by Gasteiger charge is -2.32. The first-order valence-electron chi connectivity index (χ1n) is 12.6. The van der Waals surface area contributed by atoms with Crippen LogP contribution in [0.3, 0.4) is 0 Å². The van der Waals surface area contributed by atoms with Crippen molar-refractivity contribution in [2.75, 3.05) is 18.0 Å². The molecule has 0 fully saturated rings. The molecule has 1 N–H and O–H groups in total. The third kappa shape index (κ3) is 7.47. The van der Waals surface area contributed by atoms with E-state index in [1.807, 2.05) is 20.8 Å². The highest BCUT2D eigenvalue weighted by Crippen LogP contribution is 2.33. The van der Waals surface area contributed by atoms with E-state index in [1.54, 1.807) is 61.5 Å².